The second-order valence-corrected chi connectivity index (χ2v) is 7.40. The summed E-state index contributed by atoms with van der Waals surface area (Å²) in [5, 5.41) is 6.31. The van der Waals surface area contributed by atoms with Crippen LogP contribution in [0.1, 0.15) is 25.7 Å². The van der Waals surface area contributed by atoms with Gasteiger partial charge < -0.3 is 4.90 Å². The standard InChI is InChI=1S/C12H20N4O2S/c1-16-10-2-3-11(16)7-9(6-10)8-14-19(17,18)12-4-5-13-15-12/h4-5,9-11,14H,2-3,6-8H2,1H3,(H,13,15). The van der Waals surface area contributed by atoms with E-state index in [-0.39, 0.29) is 5.03 Å². The van der Waals surface area contributed by atoms with Crippen molar-refractivity contribution >= 4 is 10.0 Å². The fraction of sp³-hybridized carbons (Fsp3) is 0.750. The Balaban J connectivity index is 1.59. The molecular formula is C12H20N4O2S. The second-order valence-electron chi connectivity index (χ2n) is 5.66. The summed E-state index contributed by atoms with van der Waals surface area (Å²) < 4.78 is 26.7. The first kappa shape index (κ1) is 13.1. The van der Waals surface area contributed by atoms with E-state index in [0.29, 0.717) is 24.5 Å². The summed E-state index contributed by atoms with van der Waals surface area (Å²) in [7, 11) is -1.24. The summed E-state index contributed by atoms with van der Waals surface area (Å²) in [6.45, 7) is 0.530. The van der Waals surface area contributed by atoms with Gasteiger partial charge in [0, 0.05) is 18.6 Å². The molecule has 106 valence electrons. The van der Waals surface area contributed by atoms with E-state index in [2.05, 4.69) is 26.9 Å². The Hall–Kier alpha value is -0.920. The largest absolute Gasteiger partial charge is 0.300 e. The first-order valence-corrected chi connectivity index (χ1v) is 8.25. The molecule has 2 unspecified atom stereocenters. The molecule has 7 heteroatoms. The molecule has 2 fully saturated rings. The van der Waals surface area contributed by atoms with Gasteiger partial charge in [0.2, 0.25) is 0 Å². The highest BCUT2D eigenvalue weighted by Gasteiger charge is 2.38. The van der Waals surface area contributed by atoms with Crippen molar-refractivity contribution in [1.29, 1.82) is 0 Å². The van der Waals surface area contributed by atoms with Crippen molar-refractivity contribution in [3.8, 4) is 0 Å². The minimum absolute atomic E-state index is 0.142. The third kappa shape index (κ3) is 2.54. The Labute approximate surface area is 113 Å². The molecule has 2 saturated heterocycles. The summed E-state index contributed by atoms with van der Waals surface area (Å²) in [6.07, 6.45) is 6.15. The van der Waals surface area contributed by atoms with Gasteiger partial charge in [-0.3, -0.25) is 5.10 Å². The van der Waals surface area contributed by atoms with Crippen LogP contribution in [-0.2, 0) is 10.0 Å². The quantitative estimate of drug-likeness (QED) is 0.847. The van der Waals surface area contributed by atoms with Crippen molar-refractivity contribution in [2.45, 2.75) is 42.8 Å². The van der Waals surface area contributed by atoms with E-state index in [0.717, 1.165) is 12.8 Å². The van der Waals surface area contributed by atoms with E-state index in [1.807, 2.05) is 0 Å². The molecule has 0 aliphatic carbocycles. The molecule has 3 heterocycles. The molecule has 0 amide bonds. The molecule has 2 N–H and O–H groups in total. The molecule has 6 nitrogen and oxygen atoms in total. The number of H-pyrrole nitrogens is 1. The number of rotatable bonds is 4. The summed E-state index contributed by atoms with van der Waals surface area (Å²) in [6, 6.07) is 2.75. The van der Waals surface area contributed by atoms with E-state index >= 15 is 0 Å². The van der Waals surface area contributed by atoms with Gasteiger partial charge in [0.1, 0.15) is 0 Å². The highest BCUT2D eigenvalue weighted by Crippen LogP contribution is 2.37. The molecule has 2 aliphatic rings. The van der Waals surface area contributed by atoms with Gasteiger partial charge in [-0.05, 0) is 44.7 Å². The Morgan fingerprint density at radius 2 is 2.11 bits per heavy atom. The molecule has 2 atom stereocenters. The van der Waals surface area contributed by atoms with Crippen LogP contribution in [0.3, 0.4) is 0 Å². The number of nitrogens with zero attached hydrogens (tertiary/aromatic N) is 2. The molecule has 2 aliphatic heterocycles. The summed E-state index contributed by atoms with van der Waals surface area (Å²) >= 11 is 0. The Morgan fingerprint density at radius 1 is 1.42 bits per heavy atom. The maximum atomic E-state index is 12.0. The zero-order chi connectivity index (χ0) is 13.5. The van der Waals surface area contributed by atoms with Crippen molar-refractivity contribution < 1.29 is 8.42 Å². The fourth-order valence-electron chi connectivity index (χ4n) is 3.39. The van der Waals surface area contributed by atoms with Crippen molar-refractivity contribution in [2.75, 3.05) is 13.6 Å². The Kier molecular flexibility index (Phi) is 3.36. The predicted molar refractivity (Wildman–Crippen MR) is 71.1 cm³/mol. The highest BCUT2D eigenvalue weighted by molar-refractivity contribution is 7.89. The second kappa shape index (κ2) is 4.88. The van der Waals surface area contributed by atoms with Gasteiger partial charge in [0.15, 0.2) is 5.03 Å². The average molecular weight is 284 g/mol. The van der Waals surface area contributed by atoms with Crippen LogP contribution in [0.4, 0.5) is 0 Å². The third-order valence-corrected chi connectivity index (χ3v) is 5.88. The smallest absolute Gasteiger partial charge is 0.257 e. The number of fused-ring (bicyclic) bond motifs is 2. The van der Waals surface area contributed by atoms with E-state index in [1.165, 1.54) is 25.1 Å². The van der Waals surface area contributed by atoms with Crippen LogP contribution in [0.2, 0.25) is 0 Å². The van der Waals surface area contributed by atoms with Gasteiger partial charge in [-0.1, -0.05) is 0 Å². The molecule has 0 saturated carbocycles. The minimum Gasteiger partial charge on any atom is -0.300 e. The predicted octanol–water partition coefficient (Wildman–Crippen LogP) is 0.561. The number of nitrogens with one attached hydrogen (secondary N) is 2. The minimum atomic E-state index is -3.43. The molecule has 19 heavy (non-hydrogen) atoms. The van der Waals surface area contributed by atoms with Gasteiger partial charge in [0.25, 0.3) is 10.0 Å². The van der Waals surface area contributed by atoms with Crippen LogP contribution >= 0.6 is 0 Å². The lowest BCUT2D eigenvalue weighted by Crippen LogP contribution is -2.43. The van der Waals surface area contributed by atoms with Gasteiger partial charge in [-0.25, -0.2) is 13.1 Å². The highest BCUT2D eigenvalue weighted by atomic mass is 32.2. The van der Waals surface area contributed by atoms with E-state index in [4.69, 9.17) is 0 Å². The Morgan fingerprint density at radius 3 is 2.68 bits per heavy atom. The van der Waals surface area contributed by atoms with Crippen LogP contribution in [-0.4, -0.2) is 49.2 Å². The number of aromatic amines is 1. The molecule has 0 spiro atoms. The Bertz CT molecular complexity index is 514. The van der Waals surface area contributed by atoms with Gasteiger partial charge in [-0.2, -0.15) is 5.10 Å². The van der Waals surface area contributed by atoms with Crippen LogP contribution < -0.4 is 4.72 Å². The van der Waals surface area contributed by atoms with Crippen LogP contribution in [0.5, 0.6) is 0 Å². The van der Waals surface area contributed by atoms with Crippen LogP contribution in [0.15, 0.2) is 17.3 Å². The molecule has 0 aromatic carbocycles. The average Bonchev–Trinajstić information content (AvgIpc) is 2.96. The number of hydrogen-bond donors (Lipinski definition) is 2. The topological polar surface area (TPSA) is 78.1 Å². The molecular weight excluding hydrogens is 264 g/mol. The van der Waals surface area contributed by atoms with Gasteiger partial charge in [0.05, 0.1) is 6.20 Å². The molecule has 3 rings (SSSR count). The van der Waals surface area contributed by atoms with E-state index < -0.39 is 10.0 Å². The van der Waals surface area contributed by atoms with E-state index in [9.17, 15) is 8.42 Å². The van der Waals surface area contributed by atoms with Crippen LogP contribution in [0, 0.1) is 5.92 Å². The zero-order valence-corrected chi connectivity index (χ0v) is 11.9. The number of hydrogen-bond acceptors (Lipinski definition) is 4. The van der Waals surface area contributed by atoms with Crippen molar-refractivity contribution in [3.05, 3.63) is 12.3 Å². The van der Waals surface area contributed by atoms with Gasteiger partial charge in [-0.15, -0.1) is 0 Å². The van der Waals surface area contributed by atoms with Gasteiger partial charge >= 0.3 is 0 Å². The normalized spacial score (nSPS) is 31.7. The lowest BCUT2D eigenvalue weighted by molar-refractivity contribution is 0.135. The van der Waals surface area contributed by atoms with Crippen LogP contribution in [0.25, 0.3) is 0 Å². The number of aromatic nitrogens is 2. The molecule has 0 radical (unpaired) electrons. The summed E-state index contributed by atoms with van der Waals surface area (Å²) in [5.74, 6) is 0.450. The monoisotopic (exact) mass is 284 g/mol. The molecule has 1 aromatic heterocycles. The first-order chi connectivity index (χ1) is 9.06. The summed E-state index contributed by atoms with van der Waals surface area (Å²) in [5.41, 5.74) is 0. The van der Waals surface area contributed by atoms with E-state index in [1.54, 1.807) is 0 Å². The lowest BCUT2D eigenvalue weighted by atomic mass is 9.91. The first-order valence-electron chi connectivity index (χ1n) is 6.77. The fourth-order valence-corrected chi connectivity index (χ4v) is 4.41. The molecule has 2 bridgehead atoms. The molecule has 1 aromatic rings. The maximum Gasteiger partial charge on any atom is 0.257 e. The third-order valence-electron chi connectivity index (χ3n) is 4.52. The van der Waals surface area contributed by atoms with Crippen molar-refractivity contribution in [3.63, 3.8) is 0 Å². The number of sulfonamides is 1. The van der Waals surface area contributed by atoms with Crippen molar-refractivity contribution in [2.24, 2.45) is 5.92 Å². The lowest BCUT2D eigenvalue weighted by Gasteiger charge is -2.36. The SMILES string of the molecule is CN1C2CCC1CC(CNS(=O)(=O)c1ccn[nH]1)C2. The number of piperidine rings is 1. The van der Waals surface area contributed by atoms with Crippen molar-refractivity contribution in [1.82, 2.24) is 19.8 Å². The maximum absolute atomic E-state index is 12.0. The summed E-state index contributed by atoms with van der Waals surface area (Å²) in [4.78, 5) is 2.46. The zero-order valence-electron chi connectivity index (χ0n) is 11.0.